The van der Waals surface area contributed by atoms with E-state index in [2.05, 4.69) is 15.9 Å². The molecule has 0 saturated carbocycles. The summed E-state index contributed by atoms with van der Waals surface area (Å²) in [5, 5.41) is 1.19. The molecule has 1 rings (SSSR count). The Morgan fingerprint density at radius 2 is 1.88 bits per heavy atom. The van der Waals surface area contributed by atoms with E-state index in [0.29, 0.717) is 12.2 Å². The van der Waals surface area contributed by atoms with Crippen LogP contribution < -0.4 is 10.9 Å². The molecule has 0 aromatic heterocycles. The molecule has 0 aliphatic rings. The van der Waals surface area contributed by atoms with Crippen LogP contribution in [0.3, 0.4) is 0 Å². The van der Waals surface area contributed by atoms with Gasteiger partial charge in [-0.2, -0.15) is 0 Å². The Labute approximate surface area is 110 Å². The van der Waals surface area contributed by atoms with Gasteiger partial charge >= 0.3 is 6.03 Å². The summed E-state index contributed by atoms with van der Waals surface area (Å²) in [6.45, 7) is 5.37. The summed E-state index contributed by atoms with van der Waals surface area (Å²) >= 11 is 3.34. The van der Waals surface area contributed by atoms with Crippen LogP contribution >= 0.6 is 15.9 Å². The Hall–Kier alpha value is -1.07. The summed E-state index contributed by atoms with van der Waals surface area (Å²) in [4.78, 5) is 13.8. The van der Waals surface area contributed by atoms with E-state index in [0.717, 1.165) is 17.4 Å². The highest BCUT2D eigenvalue weighted by Gasteiger charge is 2.17. The quantitative estimate of drug-likeness (QED) is 0.528. The first kappa shape index (κ1) is 14.0. The van der Waals surface area contributed by atoms with Crippen LogP contribution in [-0.2, 0) is 0 Å². The van der Waals surface area contributed by atoms with E-state index in [1.54, 1.807) is 4.90 Å². The van der Waals surface area contributed by atoms with Crippen molar-refractivity contribution in [2.45, 2.75) is 20.3 Å². The number of carbonyl (C=O) groups excluding carboxylic acids is 1. The molecule has 94 valence electrons. The predicted molar refractivity (Wildman–Crippen MR) is 73.7 cm³/mol. The topological polar surface area (TPSA) is 49.6 Å². The van der Waals surface area contributed by atoms with Crippen LogP contribution in [0.15, 0.2) is 28.7 Å². The van der Waals surface area contributed by atoms with Gasteiger partial charge in [-0.05, 0) is 37.6 Å². The third kappa shape index (κ3) is 3.71. The Morgan fingerprint density at radius 1 is 1.29 bits per heavy atom. The molecule has 0 saturated heterocycles. The molecule has 0 unspecified atom stereocenters. The Balaban J connectivity index is 2.77. The lowest BCUT2D eigenvalue weighted by Crippen LogP contribution is -2.47. The molecule has 0 heterocycles. The zero-order chi connectivity index (χ0) is 12.8. The molecule has 5 heteroatoms. The van der Waals surface area contributed by atoms with Gasteiger partial charge in [0.05, 0.1) is 5.69 Å². The Kier molecular flexibility index (Phi) is 5.44. The van der Waals surface area contributed by atoms with Crippen LogP contribution in [0.2, 0.25) is 0 Å². The van der Waals surface area contributed by atoms with Gasteiger partial charge in [0.1, 0.15) is 0 Å². The van der Waals surface area contributed by atoms with Crippen LogP contribution in [-0.4, -0.2) is 24.0 Å². The molecule has 17 heavy (non-hydrogen) atoms. The van der Waals surface area contributed by atoms with Crippen LogP contribution in [0.5, 0.6) is 0 Å². The number of hydrogen-bond acceptors (Lipinski definition) is 2. The van der Waals surface area contributed by atoms with Gasteiger partial charge in [-0.15, -0.1) is 0 Å². The molecule has 1 aromatic carbocycles. The number of hydrogen-bond donors (Lipinski definition) is 1. The number of anilines is 1. The van der Waals surface area contributed by atoms with Crippen molar-refractivity contribution in [1.82, 2.24) is 4.90 Å². The van der Waals surface area contributed by atoms with Gasteiger partial charge < -0.3 is 4.90 Å². The molecular formula is C12H18BrN3O. The standard InChI is InChI=1S/C12H18BrN3O/c1-3-9-15(4-2)12(17)16(14)11-7-5-10(13)6-8-11/h5-8H,3-4,9,14H2,1-2H3. The molecule has 2 amide bonds. The number of nitrogens with two attached hydrogens (primary N) is 1. The number of halogens is 1. The normalized spacial score (nSPS) is 10.1. The maximum Gasteiger partial charge on any atom is 0.338 e. The summed E-state index contributed by atoms with van der Waals surface area (Å²) in [6.07, 6.45) is 0.924. The summed E-state index contributed by atoms with van der Waals surface area (Å²) < 4.78 is 0.961. The van der Waals surface area contributed by atoms with Crippen LogP contribution in [0.4, 0.5) is 10.5 Å². The van der Waals surface area contributed by atoms with Crippen LogP contribution in [0.1, 0.15) is 20.3 Å². The largest absolute Gasteiger partial charge is 0.338 e. The van der Waals surface area contributed by atoms with Crippen molar-refractivity contribution < 1.29 is 4.79 Å². The number of nitrogens with zero attached hydrogens (tertiary/aromatic N) is 2. The molecule has 0 aliphatic carbocycles. The lowest BCUT2D eigenvalue weighted by Gasteiger charge is -2.26. The number of urea groups is 1. The van der Waals surface area contributed by atoms with Crippen molar-refractivity contribution in [3.8, 4) is 0 Å². The van der Waals surface area contributed by atoms with Gasteiger partial charge in [-0.3, -0.25) is 0 Å². The van der Waals surface area contributed by atoms with Crippen molar-refractivity contribution in [2.24, 2.45) is 5.84 Å². The third-order valence-electron chi connectivity index (χ3n) is 2.46. The van der Waals surface area contributed by atoms with Gasteiger partial charge in [-0.25, -0.2) is 15.6 Å². The molecule has 0 radical (unpaired) electrons. The number of amides is 2. The van der Waals surface area contributed by atoms with E-state index in [4.69, 9.17) is 5.84 Å². The lowest BCUT2D eigenvalue weighted by molar-refractivity contribution is 0.207. The molecule has 0 atom stereocenters. The average molecular weight is 300 g/mol. The highest BCUT2D eigenvalue weighted by Crippen LogP contribution is 2.17. The molecule has 0 aliphatic heterocycles. The summed E-state index contributed by atoms with van der Waals surface area (Å²) in [5.74, 6) is 5.82. The molecule has 0 spiro atoms. The van der Waals surface area contributed by atoms with Crippen molar-refractivity contribution in [2.75, 3.05) is 18.1 Å². The first-order valence-corrected chi connectivity index (χ1v) is 6.48. The summed E-state index contributed by atoms with van der Waals surface area (Å²) in [6, 6.07) is 7.16. The summed E-state index contributed by atoms with van der Waals surface area (Å²) in [7, 11) is 0. The smallest absolute Gasteiger partial charge is 0.324 e. The predicted octanol–water partition coefficient (Wildman–Crippen LogP) is 2.98. The van der Waals surface area contributed by atoms with Gasteiger partial charge in [0.25, 0.3) is 0 Å². The zero-order valence-corrected chi connectivity index (χ0v) is 11.8. The first-order valence-electron chi connectivity index (χ1n) is 5.69. The van der Waals surface area contributed by atoms with E-state index >= 15 is 0 Å². The van der Waals surface area contributed by atoms with E-state index in [1.807, 2.05) is 38.1 Å². The van der Waals surface area contributed by atoms with Crippen molar-refractivity contribution in [3.05, 3.63) is 28.7 Å². The SMILES string of the molecule is CCCN(CC)C(=O)N(N)c1ccc(Br)cc1. The van der Waals surface area contributed by atoms with Crippen molar-refractivity contribution in [1.29, 1.82) is 0 Å². The van der Waals surface area contributed by atoms with E-state index in [9.17, 15) is 4.79 Å². The Bertz CT molecular complexity index is 367. The molecule has 0 fully saturated rings. The minimum Gasteiger partial charge on any atom is -0.324 e. The minimum atomic E-state index is -0.170. The number of carbonyl (C=O) groups is 1. The van der Waals surface area contributed by atoms with Crippen LogP contribution in [0, 0.1) is 0 Å². The lowest BCUT2D eigenvalue weighted by atomic mass is 10.3. The Morgan fingerprint density at radius 3 is 2.35 bits per heavy atom. The fourth-order valence-electron chi connectivity index (χ4n) is 1.52. The fourth-order valence-corrected chi connectivity index (χ4v) is 1.79. The maximum absolute atomic E-state index is 12.1. The van der Waals surface area contributed by atoms with E-state index in [-0.39, 0.29) is 6.03 Å². The van der Waals surface area contributed by atoms with E-state index < -0.39 is 0 Å². The average Bonchev–Trinajstić information content (AvgIpc) is 2.35. The van der Waals surface area contributed by atoms with Crippen LogP contribution in [0.25, 0.3) is 0 Å². The monoisotopic (exact) mass is 299 g/mol. The van der Waals surface area contributed by atoms with Gasteiger partial charge in [0, 0.05) is 17.6 Å². The molecule has 4 nitrogen and oxygen atoms in total. The van der Waals surface area contributed by atoms with Crippen molar-refractivity contribution >= 4 is 27.6 Å². The molecule has 1 aromatic rings. The first-order chi connectivity index (χ1) is 8.10. The number of rotatable bonds is 4. The molecule has 0 bridgehead atoms. The number of benzene rings is 1. The second-order valence-corrected chi connectivity index (χ2v) is 4.62. The van der Waals surface area contributed by atoms with Gasteiger partial charge in [-0.1, -0.05) is 22.9 Å². The molecular weight excluding hydrogens is 282 g/mol. The third-order valence-corrected chi connectivity index (χ3v) is 2.99. The van der Waals surface area contributed by atoms with Crippen molar-refractivity contribution in [3.63, 3.8) is 0 Å². The van der Waals surface area contributed by atoms with Gasteiger partial charge in [0.15, 0.2) is 0 Å². The highest BCUT2D eigenvalue weighted by molar-refractivity contribution is 9.10. The van der Waals surface area contributed by atoms with E-state index in [1.165, 1.54) is 5.01 Å². The summed E-state index contributed by atoms with van der Waals surface area (Å²) in [5.41, 5.74) is 0.688. The fraction of sp³-hybridized carbons (Fsp3) is 0.417. The van der Waals surface area contributed by atoms with Gasteiger partial charge in [0.2, 0.25) is 0 Å². The minimum absolute atomic E-state index is 0.170. The highest BCUT2D eigenvalue weighted by atomic mass is 79.9. The number of hydrazine groups is 1. The zero-order valence-electron chi connectivity index (χ0n) is 10.2. The second-order valence-electron chi connectivity index (χ2n) is 3.71. The maximum atomic E-state index is 12.1. The second kappa shape index (κ2) is 6.61. The molecule has 2 N–H and O–H groups in total.